The average molecular weight is 458 g/mol. The fourth-order valence-electron chi connectivity index (χ4n) is 2.89. The summed E-state index contributed by atoms with van der Waals surface area (Å²) in [4.78, 5) is 16.2. The van der Waals surface area contributed by atoms with E-state index >= 15 is 0 Å². The molecule has 0 spiro atoms. The Kier molecular flexibility index (Phi) is 10.5. The first-order valence-electron chi connectivity index (χ1n) is 10.7. The predicted molar refractivity (Wildman–Crippen MR) is 131 cm³/mol. The van der Waals surface area contributed by atoms with E-state index in [-0.39, 0.29) is 18.1 Å². The van der Waals surface area contributed by atoms with Gasteiger partial charge in [0.15, 0.2) is 0 Å². The quantitative estimate of drug-likeness (QED) is 0.316. The van der Waals surface area contributed by atoms with Crippen LogP contribution < -0.4 is 15.4 Å². The van der Waals surface area contributed by atoms with E-state index in [4.69, 9.17) is 14.2 Å². The topological polar surface area (TPSA) is 81.2 Å². The van der Waals surface area contributed by atoms with Gasteiger partial charge >= 0.3 is 0 Å². The minimum absolute atomic E-state index is 0.000164. The molecule has 2 aromatic rings. The van der Waals surface area contributed by atoms with Crippen LogP contribution in [0.1, 0.15) is 26.3 Å². The Balaban J connectivity index is 2.06. The fraction of sp³-hybridized carbons (Fsp3) is 0.360. The number of halogens is 1. The third-order valence-electron chi connectivity index (χ3n) is 4.32. The molecule has 1 amide bonds. The molecule has 8 heteroatoms. The second-order valence-electron chi connectivity index (χ2n) is 7.67. The lowest BCUT2D eigenvalue weighted by Crippen LogP contribution is -2.19. The molecule has 0 aromatic heterocycles. The van der Waals surface area contributed by atoms with E-state index in [1.807, 2.05) is 13.8 Å². The summed E-state index contributed by atoms with van der Waals surface area (Å²) < 4.78 is 30.7. The zero-order valence-electron chi connectivity index (χ0n) is 19.6. The van der Waals surface area contributed by atoms with Crippen molar-refractivity contribution in [3.63, 3.8) is 0 Å². The number of amides is 1. The summed E-state index contributed by atoms with van der Waals surface area (Å²) in [6.07, 6.45) is 1.58. The molecule has 0 bridgehead atoms. The molecule has 0 radical (unpaired) electrons. The van der Waals surface area contributed by atoms with Gasteiger partial charge in [-0.2, -0.15) is 0 Å². The molecule has 0 aliphatic heterocycles. The standard InChI is InChI=1S/C25H32FN3O4/c1-6-27-23-14-21(33-12-11-31-5)13-22(26)25(23)18(4)28-19-7-9-20(10-8-19)29-24(30)16-32-15-17(2)3/h6-10,13-14,17,28H,4,11-12,15-16H2,1-3,5H3,(H,29,30). The van der Waals surface area contributed by atoms with E-state index in [0.29, 0.717) is 54.2 Å². The van der Waals surface area contributed by atoms with Crippen molar-refractivity contribution in [2.45, 2.75) is 20.8 Å². The first-order valence-corrected chi connectivity index (χ1v) is 10.7. The van der Waals surface area contributed by atoms with Gasteiger partial charge in [-0.05, 0) is 37.1 Å². The number of hydrogen-bond acceptors (Lipinski definition) is 6. The molecule has 2 N–H and O–H groups in total. The Labute approximate surface area is 194 Å². The van der Waals surface area contributed by atoms with Crippen molar-refractivity contribution in [1.29, 1.82) is 0 Å². The molecule has 7 nitrogen and oxygen atoms in total. The number of nitrogens with zero attached hydrogens (tertiary/aromatic N) is 1. The van der Waals surface area contributed by atoms with Gasteiger partial charge in [-0.1, -0.05) is 20.4 Å². The lowest BCUT2D eigenvalue weighted by molar-refractivity contribution is -0.120. The number of anilines is 2. The van der Waals surface area contributed by atoms with Gasteiger partial charge in [-0.25, -0.2) is 4.39 Å². The number of ether oxygens (including phenoxy) is 3. The molecule has 0 heterocycles. The van der Waals surface area contributed by atoms with Gasteiger partial charge in [0.05, 0.1) is 17.9 Å². The maximum absolute atomic E-state index is 14.9. The minimum atomic E-state index is -0.506. The summed E-state index contributed by atoms with van der Waals surface area (Å²) in [5, 5.41) is 5.86. The number of benzene rings is 2. The van der Waals surface area contributed by atoms with Crippen LogP contribution in [0.25, 0.3) is 5.70 Å². The molecule has 33 heavy (non-hydrogen) atoms. The number of nitrogens with one attached hydrogen (secondary N) is 2. The van der Waals surface area contributed by atoms with Crippen LogP contribution in [0, 0.1) is 11.7 Å². The second kappa shape index (κ2) is 13.3. The van der Waals surface area contributed by atoms with Crippen LogP contribution in [-0.2, 0) is 14.3 Å². The highest BCUT2D eigenvalue weighted by atomic mass is 19.1. The second-order valence-corrected chi connectivity index (χ2v) is 7.67. The number of hydrogen-bond donors (Lipinski definition) is 2. The highest BCUT2D eigenvalue weighted by Gasteiger charge is 2.15. The summed E-state index contributed by atoms with van der Waals surface area (Å²) in [6.45, 7) is 11.0. The summed E-state index contributed by atoms with van der Waals surface area (Å²) in [5.41, 5.74) is 2.29. The molecule has 0 unspecified atom stereocenters. The molecule has 0 aliphatic rings. The third kappa shape index (κ3) is 8.67. The molecule has 2 aromatic carbocycles. The predicted octanol–water partition coefficient (Wildman–Crippen LogP) is 5.27. The zero-order chi connectivity index (χ0) is 24.2. The maximum atomic E-state index is 14.9. The SMILES string of the molecule is C=C(Nc1ccc(NC(=O)COCC(C)C)cc1)c1c(F)cc(OCCOC)cc1N=CC. The molecule has 0 aliphatic carbocycles. The van der Waals surface area contributed by atoms with Gasteiger partial charge < -0.3 is 24.8 Å². The lowest BCUT2D eigenvalue weighted by Gasteiger charge is -2.15. The summed E-state index contributed by atoms with van der Waals surface area (Å²) in [7, 11) is 1.57. The molecule has 2 rings (SSSR count). The van der Waals surface area contributed by atoms with Gasteiger partial charge in [0.1, 0.15) is 24.8 Å². The molecular weight excluding hydrogens is 425 g/mol. The van der Waals surface area contributed by atoms with Crippen LogP contribution in [0.4, 0.5) is 21.5 Å². The van der Waals surface area contributed by atoms with Crippen molar-refractivity contribution >= 4 is 34.9 Å². The van der Waals surface area contributed by atoms with E-state index in [0.717, 1.165) is 0 Å². The monoisotopic (exact) mass is 457 g/mol. The van der Waals surface area contributed by atoms with E-state index in [1.165, 1.54) is 6.07 Å². The molecule has 0 fully saturated rings. The van der Waals surface area contributed by atoms with Crippen molar-refractivity contribution in [3.05, 3.63) is 54.4 Å². The molecule has 0 saturated carbocycles. The first kappa shape index (κ1) is 26.0. The number of rotatable bonds is 13. The van der Waals surface area contributed by atoms with Gasteiger partial charge in [-0.15, -0.1) is 0 Å². The van der Waals surface area contributed by atoms with Gasteiger partial charge in [0, 0.05) is 49.1 Å². The zero-order valence-corrected chi connectivity index (χ0v) is 19.6. The Morgan fingerprint density at radius 3 is 2.42 bits per heavy atom. The van der Waals surface area contributed by atoms with Crippen LogP contribution >= 0.6 is 0 Å². The highest BCUT2D eigenvalue weighted by Crippen LogP contribution is 2.33. The molecule has 178 valence electrons. The van der Waals surface area contributed by atoms with E-state index in [1.54, 1.807) is 50.6 Å². The van der Waals surface area contributed by atoms with Crippen molar-refractivity contribution in [3.8, 4) is 5.75 Å². The van der Waals surface area contributed by atoms with Crippen LogP contribution in [0.5, 0.6) is 5.75 Å². The number of aliphatic imine (C=N–C) groups is 1. The van der Waals surface area contributed by atoms with E-state index in [2.05, 4.69) is 22.2 Å². The maximum Gasteiger partial charge on any atom is 0.250 e. The van der Waals surface area contributed by atoms with Crippen LogP contribution in [0.2, 0.25) is 0 Å². The number of carbonyl (C=O) groups excluding carboxylic acids is 1. The Bertz CT molecular complexity index is 959. The third-order valence-corrected chi connectivity index (χ3v) is 4.32. The lowest BCUT2D eigenvalue weighted by atomic mass is 10.1. The smallest absolute Gasteiger partial charge is 0.250 e. The van der Waals surface area contributed by atoms with E-state index in [9.17, 15) is 9.18 Å². The summed E-state index contributed by atoms with van der Waals surface area (Å²) >= 11 is 0. The van der Waals surface area contributed by atoms with Gasteiger partial charge in [-0.3, -0.25) is 9.79 Å². The minimum Gasteiger partial charge on any atom is -0.491 e. The average Bonchev–Trinajstić information content (AvgIpc) is 2.75. The Morgan fingerprint density at radius 1 is 1.15 bits per heavy atom. The normalized spacial score (nSPS) is 11.1. The van der Waals surface area contributed by atoms with Gasteiger partial charge in [0.2, 0.25) is 5.91 Å². The first-order chi connectivity index (χ1) is 15.8. The van der Waals surface area contributed by atoms with Crippen molar-refractivity contribution in [2.24, 2.45) is 10.9 Å². The highest BCUT2D eigenvalue weighted by molar-refractivity contribution is 5.92. The van der Waals surface area contributed by atoms with Gasteiger partial charge in [0.25, 0.3) is 0 Å². The van der Waals surface area contributed by atoms with Crippen LogP contribution in [-0.4, -0.2) is 45.7 Å². The van der Waals surface area contributed by atoms with Crippen molar-refractivity contribution in [1.82, 2.24) is 0 Å². The van der Waals surface area contributed by atoms with Crippen LogP contribution in [0.15, 0.2) is 48.0 Å². The Hall–Kier alpha value is -3.23. The molecular formula is C25H32FN3O4. The molecule has 0 atom stereocenters. The summed E-state index contributed by atoms with van der Waals surface area (Å²) in [5.74, 6) is -0.00537. The molecule has 0 saturated heterocycles. The van der Waals surface area contributed by atoms with E-state index < -0.39 is 5.82 Å². The Morgan fingerprint density at radius 2 is 1.82 bits per heavy atom. The fourth-order valence-corrected chi connectivity index (χ4v) is 2.89. The van der Waals surface area contributed by atoms with Crippen LogP contribution in [0.3, 0.4) is 0 Å². The number of methoxy groups -OCH3 is 1. The van der Waals surface area contributed by atoms with Crippen molar-refractivity contribution < 1.29 is 23.4 Å². The number of carbonyl (C=O) groups is 1. The summed E-state index contributed by atoms with van der Waals surface area (Å²) in [6, 6.07) is 9.96. The largest absolute Gasteiger partial charge is 0.491 e. The van der Waals surface area contributed by atoms with Crippen molar-refractivity contribution in [2.75, 3.05) is 44.2 Å².